The molecule has 0 spiro atoms. The van der Waals surface area contributed by atoms with Crippen LogP contribution in [-0.2, 0) is 4.74 Å². The van der Waals surface area contributed by atoms with Crippen LogP contribution in [-0.4, -0.2) is 44.8 Å². The Morgan fingerprint density at radius 3 is 2.68 bits per heavy atom. The van der Waals surface area contributed by atoms with Gasteiger partial charge in [0, 0.05) is 6.54 Å². The van der Waals surface area contributed by atoms with Crippen molar-refractivity contribution in [1.29, 1.82) is 0 Å². The van der Waals surface area contributed by atoms with Crippen LogP contribution in [0.5, 0.6) is 5.75 Å². The maximum atomic E-state index is 11.6. The molecule has 0 bridgehead atoms. The average Bonchev–Trinajstić information content (AvgIpc) is 2.37. The zero-order chi connectivity index (χ0) is 14.1. The van der Waals surface area contributed by atoms with Crippen LogP contribution in [0.1, 0.15) is 13.3 Å². The fourth-order valence-electron chi connectivity index (χ4n) is 1.37. The molecule has 0 radical (unpaired) electrons. The molecule has 0 aliphatic heterocycles. The Hall–Kier alpha value is -1.75. The van der Waals surface area contributed by atoms with Crippen LogP contribution in [0.4, 0.5) is 10.5 Å². The average molecular weight is 266 g/mol. The molecule has 5 heteroatoms. The number of carbonyl (C=O) groups excluding carboxylic acids is 1. The SMILES string of the molecule is CCCOc1ccccc1NC(=O)OCCN(C)C. The molecule has 1 aromatic rings. The Bertz CT molecular complexity index is 394. The normalized spacial score (nSPS) is 10.3. The maximum absolute atomic E-state index is 11.6. The van der Waals surface area contributed by atoms with Crippen LogP contribution in [0.15, 0.2) is 24.3 Å². The first kappa shape index (κ1) is 15.3. The van der Waals surface area contributed by atoms with Crippen LogP contribution in [0.25, 0.3) is 0 Å². The van der Waals surface area contributed by atoms with Gasteiger partial charge in [-0.05, 0) is 32.6 Å². The van der Waals surface area contributed by atoms with Crippen molar-refractivity contribution >= 4 is 11.8 Å². The maximum Gasteiger partial charge on any atom is 0.411 e. The van der Waals surface area contributed by atoms with Gasteiger partial charge in [-0.15, -0.1) is 0 Å². The summed E-state index contributed by atoms with van der Waals surface area (Å²) < 4.78 is 10.6. The van der Waals surface area contributed by atoms with E-state index in [1.807, 2.05) is 44.1 Å². The summed E-state index contributed by atoms with van der Waals surface area (Å²) in [6, 6.07) is 7.32. The molecular weight excluding hydrogens is 244 g/mol. The molecule has 0 fully saturated rings. The summed E-state index contributed by atoms with van der Waals surface area (Å²) in [5.74, 6) is 0.661. The zero-order valence-corrected chi connectivity index (χ0v) is 11.8. The van der Waals surface area contributed by atoms with Gasteiger partial charge in [-0.3, -0.25) is 5.32 Å². The Morgan fingerprint density at radius 2 is 2.00 bits per heavy atom. The molecule has 5 nitrogen and oxygen atoms in total. The van der Waals surface area contributed by atoms with Crippen LogP contribution < -0.4 is 10.1 Å². The molecule has 19 heavy (non-hydrogen) atoms. The van der Waals surface area contributed by atoms with E-state index in [2.05, 4.69) is 5.32 Å². The van der Waals surface area contributed by atoms with Crippen molar-refractivity contribution in [2.75, 3.05) is 39.2 Å². The van der Waals surface area contributed by atoms with Crippen molar-refractivity contribution in [2.45, 2.75) is 13.3 Å². The first-order chi connectivity index (χ1) is 9.13. The molecule has 106 valence electrons. The van der Waals surface area contributed by atoms with Crippen molar-refractivity contribution in [2.24, 2.45) is 0 Å². The lowest BCUT2D eigenvalue weighted by molar-refractivity contribution is 0.151. The predicted molar refractivity (Wildman–Crippen MR) is 75.8 cm³/mol. The van der Waals surface area contributed by atoms with Gasteiger partial charge >= 0.3 is 6.09 Å². The van der Waals surface area contributed by atoms with Gasteiger partial charge in [0.15, 0.2) is 0 Å². The van der Waals surface area contributed by atoms with E-state index < -0.39 is 6.09 Å². The number of hydrogen-bond acceptors (Lipinski definition) is 4. The Balaban J connectivity index is 2.48. The third-order valence-corrected chi connectivity index (χ3v) is 2.36. The molecule has 0 heterocycles. The summed E-state index contributed by atoms with van der Waals surface area (Å²) >= 11 is 0. The van der Waals surface area contributed by atoms with E-state index in [1.54, 1.807) is 6.07 Å². The number of hydrogen-bond donors (Lipinski definition) is 1. The zero-order valence-electron chi connectivity index (χ0n) is 11.8. The highest BCUT2D eigenvalue weighted by Crippen LogP contribution is 2.23. The molecule has 0 saturated carbocycles. The first-order valence-corrected chi connectivity index (χ1v) is 6.43. The third kappa shape index (κ3) is 6.10. The van der Waals surface area contributed by atoms with E-state index in [-0.39, 0.29) is 0 Å². The monoisotopic (exact) mass is 266 g/mol. The molecule has 0 aliphatic rings. The minimum absolute atomic E-state index is 0.358. The van der Waals surface area contributed by atoms with E-state index in [4.69, 9.17) is 9.47 Å². The van der Waals surface area contributed by atoms with Crippen LogP contribution in [0, 0.1) is 0 Å². The Kier molecular flexibility index (Phi) is 6.74. The number of nitrogens with one attached hydrogen (secondary N) is 1. The summed E-state index contributed by atoms with van der Waals surface area (Å²) in [7, 11) is 3.85. The lowest BCUT2D eigenvalue weighted by atomic mass is 10.3. The van der Waals surface area contributed by atoms with Crippen LogP contribution in [0.3, 0.4) is 0 Å². The number of likely N-dealkylation sites (N-methyl/N-ethyl adjacent to an activating group) is 1. The molecule has 1 aromatic carbocycles. The predicted octanol–water partition coefficient (Wildman–Crippen LogP) is 2.59. The number of anilines is 1. The number of benzene rings is 1. The van der Waals surface area contributed by atoms with Crippen molar-refractivity contribution in [1.82, 2.24) is 4.90 Å². The van der Waals surface area contributed by atoms with Gasteiger partial charge in [0.2, 0.25) is 0 Å². The molecule has 0 unspecified atom stereocenters. The highest BCUT2D eigenvalue weighted by atomic mass is 16.5. The fraction of sp³-hybridized carbons (Fsp3) is 0.500. The van der Waals surface area contributed by atoms with Crippen molar-refractivity contribution < 1.29 is 14.3 Å². The highest BCUT2D eigenvalue weighted by Gasteiger charge is 2.08. The number of para-hydroxylation sites is 2. The molecule has 0 atom stereocenters. The Labute approximate surface area is 114 Å². The Morgan fingerprint density at radius 1 is 1.26 bits per heavy atom. The first-order valence-electron chi connectivity index (χ1n) is 6.43. The second-order valence-electron chi connectivity index (χ2n) is 4.41. The van der Waals surface area contributed by atoms with Gasteiger partial charge in [-0.1, -0.05) is 19.1 Å². The second-order valence-corrected chi connectivity index (χ2v) is 4.41. The summed E-state index contributed by atoms with van der Waals surface area (Å²) in [5, 5.41) is 2.69. The second kappa shape index (κ2) is 8.37. The van der Waals surface area contributed by atoms with Gasteiger partial charge in [-0.2, -0.15) is 0 Å². The summed E-state index contributed by atoms with van der Waals surface area (Å²) in [6.07, 6.45) is 0.455. The fourth-order valence-corrected chi connectivity index (χ4v) is 1.37. The van der Waals surface area contributed by atoms with Crippen molar-refractivity contribution in [3.05, 3.63) is 24.3 Å². The minimum atomic E-state index is -0.464. The van der Waals surface area contributed by atoms with E-state index >= 15 is 0 Å². The van der Waals surface area contributed by atoms with E-state index in [9.17, 15) is 4.79 Å². The number of rotatable bonds is 7. The number of carbonyl (C=O) groups is 1. The highest BCUT2D eigenvalue weighted by molar-refractivity contribution is 5.86. The van der Waals surface area contributed by atoms with Crippen molar-refractivity contribution in [3.8, 4) is 5.75 Å². The smallest absolute Gasteiger partial charge is 0.411 e. The lowest BCUT2D eigenvalue weighted by Gasteiger charge is -2.13. The number of nitrogens with zero attached hydrogens (tertiary/aromatic N) is 1. The molecule has 0 aromatic heterocycles. The van der Waals surface area contributed by atoms with E-state index in [0.717, 1.165) is 6.42 Å². The molecule has 0 aliphatic carbocycles. The minimum Gasteiger partial charge on any atom is -0.491 e. The topological polar surface area (TPSA) is 50.8 Å². The van der Waals surface area contributed by atoms with Crippen LogP contribution in [0.2, 0.25) is 0 Å². The molecular formula is C14H22N2O3. The quantitative estimate of drug-likeness (QED) is 0.824. The molecule has 1 amide bonds. The van der Waals surface area contributed by atoms with Crippen molar-refractivity contribution in [3.63, 3.8) is 0 Å². The molecule has 0 saturated heterocycles. The van der Waals surface area contributed by atoms with E-state index in [1.165, 1.54) is 0 Å². The molecule has 1 rings (SSSR count). The van der Waals surface area contributed by atoms with Gasteiger partial charge in [0.1, 0.15) is 12.4 Å². The third-order valence-electron chi connectivity index (χ3n) is 2.36. The molecule has 1 N–H and O–H groups in total. The summed E-state index contributed by atoms with van der Waals surface area (Å²) in [4.78, 5) is 13.6. The van der Waals surface area contributed by atoms with E-state index in [0.29, 0.717) is 31.2 Å². The van der Waals surface area contributed by atoms with Crippen LogP contribution >= 0.6 is 0 Å². The standard InChI is InChI=1S/C14H22N2O3/c1-4-10-18-13-8-6-5-7-12(13)15-14(17)19-11-9-16(2)3/h5-8H,4,9-11H2,1-3H3,(H,15,17). The number of amides is 1. The summed E-state index contributed by atoms with van der Waals surface area (Å²) in [6.45, 7) is 3.71. The number of ether oxygens (including phenoxy) is 2. The van der Waals surface area contributed by atoms with Gasteiger partial charge in [0.05, 0.1) is 12.3 Å². The van der Waals surface area contributed by atoms with Gasteiger partial charge in [-0.25, -0.2) is 4.79 Å². The van der Waals surface area contributed by atoms with Gasteiger partial charge in [0.25, 0.3) is 0 Å². The van der Waals surface area contributed by atoms with Gasteiger partial charge < -0.3 is 14.4 Å². The summed E-state index contributed by atoms with van der Waals surface area (Å²) in [5.41, 5.74) is 0.630. The largest absolute Gasteiger partial charge is 0.491 e. The lowest BCUT2D eigenvalue weighted by Crippen LogP contribution is -2.22.